The molecule has 3 rings (SSSR count). The molecule has 0 unspecified atom stereocenters. The molecule has 1 fully saturated rings. The summed E-state index contributed by atoms with van der Waals surface area (Å²) in [6.45, 7) is 2.39. The van der Waals surface area contributed by atoms with Crippen molar-refractivity contribution < 1.29 is 19.0 Å². The lowest BCUT2D eigenvalue weighted by Gasteiger charge is -2.14. The fraction of sp³-hybridized carbons (Fsp3) is 0.375. The number of hydrogen-bond donors (Lipinski definition) is 1. The molecule has 5 nitrogen and oxygen atoms in total. The highest BCUT2D eigenvalue weighted by Crippen LogP contribution is 2.18. The van der Waals surface area contributed by atoms with Crippen molar-refractivity contribution in [1.29, 1.82) is 0 Å². The summed E-state index contributed by atoms with van der Waals surface area (Å²) in [5.74, 6) is -0.467. The van der Waals surface area contributed by atoms with Gasteiger partial charge in [-0.25, -0.2) is 14.2 Å². The SMILES string of the molecule is Cl.O=C(O)c1ccc2nc(OCCN3CC[C@H](F)C3)ccc2c1. The zero-order valence-corrected chi connectivity index (χ0v) is 13.3. The largest absolute Gasteiger partial charge is 0.478 e. The van der Waals surface area contributed by atoms with Crippen LogP contribution in [0.2, 0.25) is 0 Å². The Bertz CT molecular complexity index is 698. The molecule has 0 amide bonds. The molecular weight excluding hydrogens is 323 g/mol. The number of carboxylic acids is 1. The maximum absolute atomic E-state index is 13.1. The van der Waals surface area contributed by atoms with E-state index in [0.29, 0.717) is 37.5 Å². The van der Waals surface area contributed by atoms with Crippen LogP contribution in [0.15, 0.2) is 30.3 Å². The lowest BCUT2D eigenvalue weighted by atomic mass is 10.1. The molecular formula is C16H18ClFN2O3. The fourth-order valence-electron chi connectivity index (χ4n) is 2.59. The van der Waals surface area contributed by atoms with Crippen molar-refractivity contribution in [3.8, 4) is 5.88 Å². The third kappa shape index (κ3) is 4.30. The molecule has 7 heteroatoms. The Labute approximate surface area is 139 Å². The minimum Gasteiger partial charge on any atom is -0.478 e. The predicted octanol–water partition coefficient (Wildman–Crippen LogP) is 2.78. The van der Waals surface area contributed by atoms with Crippen LogP contribution >= 0.6 is 12.4 Å². The van der Waals surface area contributed by atoms with E-state index in [9.17, 15) is 9.18 Å². The van der Waals surface area contributed by atoms with Crippen LogP contribution in [-0.4, -0.2) is 53.4 Å². The Hall–Kier alpha value is -1.92. The van der Waals surface area contributed by atoms with E-state index in [2.05, 4.69) is 4.98 Å². The summed E-state index contributed by atoms with van der Waals surface area (Å²) < 4.78 is 18.6. The minimum atomic E-state index is -0.959. The molecule has 2 aromatic rings. The number of hydrogen-bond acceptors (Lipinski definition) is 4. The Balaban J connectivity index is 0.00000192. The maximum atomic E-state index is 13.1. The highest BCUT2D eigenvalue weighted by Gasteiger charge is 2.21. The smallest absolute Gasteiger partial charge is 0.335 e. The molecule has 1 atom stereocenters. The third-order valence-corrected chi connectivity index (χ3v) is 3.78. The summed E-state index contributed by atoms with van der Waals surface area (Å²) >= 11 is 0. The molecule has 0 bridgehead atoms. The van der Waals surface area contributed by atoms with Crippen LogP contribution in [0.1, 0.15) is 16.8 Å². The number of carboxylic acid groups (broad SMARTS) is 1. The zero-order valence-electron chi connectivity index (χ0n) is 12.4. The fourth-order valence-corrected chi connectivity index (χ4v) is 2.59. The molecule has 23 heavy (non-hydrogen) atoms. The number of rotatable bonds is 5. The minimum absolute atomic E-state index is 0. The molecule has 124 valence electrons. The van der Waals surface area contributed by atoms with E-state index >= 15 is 0 Å². The van der Waals surface area contributed by atoms with Gasteiger partial charge in [-0.05, 0) is 30.7 Å². The van der Waals surface area contributed by atoms with Crippen LogP contribution in [0.4, 0.5) is 4.39 Å². The summed E-state index contributed by atoms with van der Waals surface area (Å²) in [6.07, 6.45) is -0.123. The summed E-state index contributed by atoms with van der Waals surface area (Å²) in [6, 6.07) is 8.28. The molecule has 1 N–H and O–H groups in total. The lowest BCUT2D eigenvalue weighted by molar-refractivity contribution is 0.0697. The molecule has 2 heterocycles. The van der Waals surface area contributed by atoms with Gasteiger partial charge in [-0.1, -0.05) is 0 Å². The van der Waals surface area contributed by atoms with Crippen LogP contribution in [-0.2, 0) is 0 Å². The number of aromatic nitrogens is 1. The van der Waals surface area contributed by atoms with E-state index in [1.165, 1.54) is 6.07 Å². The van der Waals surface area contributed by atoms with Crippen molar-refractivity contribution in [2.75, 3.05) is 26.2 Å². The van der Waals surface area contributed by atoms with Crippen LogP contribution in [0.25, 0.3) is 10.9 Å². The van der Waals surface area contributed by atoms with E-state index in [0.717, 1.165) is 11.9 Å². The first kappa shape index (κ1) is 17.4. The third-order valence-electron chi connectivity index (χ3n) is 3.78. The van der Waals surface area contributed by atoms with Crippen LogP contribution < -0.4 is 4.74 Å². The van der Waals surface area contributed by atoms with Gasteiger partial charge in [0.05, 0.1) is 11.1 Å². The van der Waals surface area contributed by atoms with Crippen molar-refractivity contribution >= 4 is 29.3 Å². The summed E-state index contributed by atoms with van der Waals surface area (Å²) in [5.41, 5.74) is 0.922. The molecule has 0 spiro atoms. The Kier molecular flexibility index (Phi) is 5.74. The van der Waals surface area contributed by atoms with Crippen molar-refractivity contribution in [3.05, 3.63) is 35.9 Å². The molecule has 1 saturated heterocycles. The van der Waals surface area contributed by atoms with Gasteiger partial charge in [-0.3, -0.25) is 4.90 Å². The molecule has 1 aliphatic rings. The molecule has 0 saturated carbocycles. The number of alkyl halides is 1. The van der Waals surface area contributed by atoms with Crippen LogP contribution in [0, 0.1) is 0 Å². The quantitative estimate of drug-likeness (QED) is 0.906. The molecule has 1 aromatic carbocycles. The Morgan fingerprint density at radius 2 is 2.22 bits per heavy atom. The van der Waals surface area contributed by atoms with E-state index in [4.69, 9.17) is 9.84 Å². The van der Waals surface area contributed by atoms with Crippen LogP contribution in [0.3, 0.4) is 0 Å². The highest BCUT2D eigenvalue weighted by molar-refractivity contribution is 5.93. The predicted molar refractivity (Wildman–Crippen MR) is 87.4 cm³/mol. The Morgan fingerprint density at radius 3 is 2.91 bits per heavy atom. The molecule has 1 aliphatic heterocycles. The van der Waals surface area contributed by atoms with Gasteiger partial charge in [-0.2, -0.15) is 0 Å². The maximum Gasteiger partial charge on any atom is 0.335 e. The standard InChI is InChI=1S/C16H17FN2O3.ClH/c17-13-5-6-19(10-13)7-8-22-15-4-2-11-9-12(16(20)21)1-3-14(11)18-15;/h1-4,9,13H,5-8,10H2,(H,20,21);1H/t13-;/m0./s1. The van der Waals surface area contributed by atoms with E-state index in [1.54, 1.807) is 24.3 Å². The van der Waals surface area contributed by atoms with Gasteiger partial charge in [0.2, 0.25) is 5.88 Å². The number of halogens is 2. The summed E-state index contributed by atoms with van der Waals surface area (Å²) in [7, 11) is 0. The highest BCUT2D eigenvalue weighted by atomic mass is 35.5. The van der Waals surface area contributed by atoms with Crippen molar-refractivity contribution in [3.63, 3.8) is 0 Å². The van der Waals surface area contributed by atoms with Crippen LogP contribution in [0.5, 0.6) is 5.88 Å². The number of carbonyl (C=O) groups is 1. The normalized spacial score (nSPS) is 17.9. The number of aromatic carboxylic acids is 1. The second-order valence-electron chi connectivity index (χ2n) is 5.40. The molecule has 1 aromatic heterocycles. The van der Waals surface area contributed by atoms with Gasteiger partial charge >= 0.3 is 5.97 Å². The average Bonchev–Trinajstić information content (AvgIpc) is 2.92. The number of nitrogens with zero attached hydrogens (tertiary/aromatic N) is 2. The summed E-state index contributed by atoms with van der Waals surface area (Å²) in [4.78, 5) is 17.3. The van der Waals surface area contributed by atoms with E-state index in [-0.39, 0.29) is 18.0 Å². The zero-order chi connectivity index (χ0) is 15.5. The monoisotopic (exact) mass is 340 g/mol. The van der Waals surface area contributed by atoms with Crippen molar-refractivity contribution in [2.24, 2.45) is 0 Å². The molecule has 0 radical (unpaired) electrons. The average molecular weight is 341 g/mol. The van der Waals surface area contributed by atoms with Gasteiger partial charge < -0.3 is 9.84 Å². The van der Waals surface area contributed by atoms with Gasteiger partial charge in [0, 0.05) is 31.1 Å². The summed E-state index contributed by atoms with van der Waals surface area (Å²) in [5, 5.41) is 9.72. The number of likely N-dealkylation sites (tertiary alicyclic amines) is 1. The Morgan fingerprint density at radius 1 is 1.39 bits per heavy atom. The first-order valence-electron chi connectivity index (χ1n) is 7.25. The van der Waals surface area contributed by atoms with E-state index in [1.807, 2.05) is 4.90 Å². The number of fused-ring (bicyclic) bond motifs is 1. The van der Waals surface area contributed by atoms with Gasteiger partial charge in [0.15, 0.2) is 0 Å². The van der Waals surface area contributed by atoms with Gasteiger partial charge in [0.1, 0.15) is 12.8 Å². The van der Waals surface area contributed by atoms with E-state index < -0.39 is 12.1 Å². The number of ether oxygens (including phenoxy) is 1. The first-order chi connectivity index (χ1) is 10.6. The number of benzene rings is 1. The van der Waals surface area contributed by atoms with Gasteiger partial charge in [-0.15, -0.1) is 12.4 Å². The second kappa shape index (κ2) is 7.57. The van der Waals surface area contributed by atoms with Gasteiger partial charge in [0.25, 0.3) is 0 Å². The van der Waals surface area contributed by atoms with Crippen molar-refractivity contribution in [1.82, 2.24) is 9.88 Å². The lowest BCUT2D eigenvalue weighted by Crippen LogP contribution is -2.26. The first-order valence-corrected chi connectivity index (χ1v) is 7.25. The van der Waals surface area contributed by atoms with Crippen molar-refractivity contribution in [2.45, 2.75) is 12.6 Å². The second-order valence-corrected chi connectivity index (χ2v) is 5.40. The molecule has 0 aliphatic carbocycles. The number of pyridine rings is 1. The topological polar surface area (TPSA) is 62.7 Å².